The lowest BCUT2D eigenvalue weighted by Gasteiger charge is -2.20. The molecule has 0 saturated carbocycles. The van der Waals surface area contributed by atoms with E-state index in [4.69, 9.17) is 4.74 Å². The van der Waals surface area contributed by atoms with Crippen LogP contribution in [0, 0.1) is 10.1 Å². The van der Waals surface area contributed by atoms with E-state index in [1.54, 1.807) is 13.1 Å². The number of pyridine rings is 1. The number of ether oxygens (including phenoxy) is 1. The molecule has 0 spiro atoms. The van der Waals surface area contributed by atoms with Crippen LogP contribution in [0.4, 0.5) is 17.3 Å². The van der Waals surface area contributed by atoms with Gasteiger partial charge in [-0.1, -0.05) is 0 Å². The maximum absolute atomic E-state index is 11.0. The first kappa shape index (κ1) is 12.2. The molecule has 0 aromatic carbocycles. The zero-order valence-corrected chi connectivity index (χ0v) is 10.6. The van der Waals surface area contributed by atoms with Gasteiger partial charge in [-0.05, 0) is 25.3 Å². The molecule has 2 N–H and O–H groups in total. The molecule has 2 aliphatic rings. The average molecular weight is 264 g/mol. The second kappa shape index (κ2) is 4.65. The Morgan fingerprint density at radius 1 is 1.47 bits per heavy atom. The fraction of sp³-hybridized carbons (Fsp3) is 0.583. The highest BCUT2D eigenvalue weighted by Gasteiger charge is 2.41. The SMILES string of the molecule is CNc1ccc([N+](=O)[O-])c(NC2CC3CCC2O3)n1. The van der Waals surface area contributed by atoms with Crippen molar-refractivity contribution in [1.29, 1.82) is 0 Å². The largest absolute Gasteiger partial charge is 0.373 e. The van der Waals surface area contributed by atoms with E-state index >= 15 is 0 Å². The van der Waals surface area contributed by atoms with Crippen LogP contribution in [0.1, 0.15) is 19.3 Å². The predicted octanol–water partition coefficient (Wildman–Crippen LogP) is 1.76. The minimum atomic E-state index is -0.414. The summed E-state index contributed by atoms with van der Waals surface area (Å²) in [6.07, 6.45) is 3.46. The van der Waals surface area contributed by atoms with Gasteiger partial charge in [-0.2, -0.15) is 0 Å². The van der Waals surface area contributed by atoms with Crippen molar-refractivity contribution in [3.8, 4) is 0 Å². The van der Waals surface area contributed by atoms with Gasteiger partial charge in [-0.25, -0.2) is 4.98 Å². The van der Waals surface area contributed by atoms with Crippen molar-refractivity contribution in [2.24, 2.45) is 0 Å². The number of hydrogen-bond acceptors (Lipinski definition) is 6. The van der Waals surface area contributed by atoms with Gasteiger partial charge in [0.15, 0.2) is 0 Å². The summed E-state index contributed by atoms with van der Waals surface area (Å²) in [5, 5.41) is 17.1. The van der Waals surface area contributed by atoms with Crippen molar-refractivity contribution in [3.63, 3.8) is 0 Å². The topological polar surface area (TPSA) is 89.3 Å². The molecule has 2 fully saturated rings. The molecule has 0 amide bonds. The van der Waals surface area contributed by atoms with Gasteiger partial charge in [0.2, 0.25) is 5.82 Å². The molecule has 0 radical (unpaired) electrons. The number of aromatic nitrogens is 1. The van der Waals surface area contributed by atoms with Crippen LogP contribution in [0.15, 0.2) is 12.1 Å². The maximum atomic E-state index is 11.0. The van der Waals surface area contributed by atoms with Crippen molar-refractivity contribution >= 4 is 17.3 Å². The summed E-state index contributed by atoms with van der Waals surface area (Å²) in [6.45, 7) is 0. The van der Waals surface area contributed by atoms with Crippen LogP contribution >= 0.6 is 0 Å². The second-order valence-electron chi connectivity index (χ2n) is 4.93. The summed E-state index contributed by atoms with van der Waals surface area (Å²) >= 11 is 0. The van der Waals surface area contributed by atoms with Crippen LogP contribution in [0.5, 0.6) is 0 Å². The second-order valence-corrected chi connectivity index (χ2v) is 4.93. The molecule has 102 valence electrons. The lowest BCUT2D eigenvalue weighted by atomic mass is 9.95. The Hall–Kier alpha value is -1.89. The third-order valence-electron chi connectivity index (χ3n) is 3.75. The molecule has 1 aromatic heterocycles. The van der Waals surface area contributed by atoms with Crippen LogP contribution in [-0.4, -0.2) is 35.2 Å². The number of fused-ring (bicyclic) bond motifs is 2. The van der Waals surface area contributed by atoms with E-state index in [1.807, 2.05) is 0 Å². The minimum absolute atomic E-state index is 0.00164. The highest BCUT2D eigenvalue weighted by atomic mass is 16.6. The van der Waals surface area contributed by atoms with Gasteiger partial charge in [0, 0.05) is 13.1 Å². The number of rotatable bonds is 4. The standard InChI is InChI=1S/C12H16N4O3/c1-13-11-5-3-9(16(17)18)12(15-11)14-8-6-7-2-4-10(8)19-7/h3,5,7-8,10H,2,4,6H2,1H3,(H2,13,14,15). The quantitative estimate of drug-likeness (QED) is 0.636. The molecular formula is C12H16N4O3. The molecule has 3 atom stereocenters. The molecule has 3 rings (SSSR count). The fourth-order valence-corrected chi connectivity index (χ4v) is 2.81. The summed E-state index contributed by atoms with van der Waals surface area (Å²) in [5.41, 5.74) is 0.00164. The third kappa shape index (κ3) is 2.21. The normalized spacial score (nSPS) is 28.4. The molecule has 3 unspecified atom stereocenters. The van der Waals surface area contributed by atoms with E-state index in [2.05, 4.69) is 15.6 Å². The molecule has 2 bridgehead atoms. The summed E-state index contributed by atoms with van der Waals surface area (Å²) in [6, 6.07) is 3.19. The minimum Gasteiger partial charge on any atom is -0.373 e. The number of nitrogens with one attached hydrogen (secondary N) is 2. The maximum Gasteiger partial charge on any atom is 0.311 e. The lowest BCUT2D eigenvalue weighted by Crippen LogP contribution is -2.31. The van der Waals surface area contributed by atoms with E-state index in [0.717, 1.165) is 19.3 Å². The van der Waals surface area contributed by atoms with Crippen molar-refractivity contribution in [2.75, 3.05) is 17.7 Å². The van der Waals surface area contributed by atoms with Crippen molar-refractivity contribution in [2.45, 2.75) is 37.5 Å². The van der Waals surface area contributed by atoms with Crippen LogP contribution in [-0.2, 0) is 4.74 Å². The molecule has 2 aliphatic heterocycles. The Morgan fingerprint density at radius 2 is 2.32 bits per heavy atom. The summed E-state index contributed by atoms with van der Waals surface area (Å²) in [4.78, 5) is 14.9. The van der Waals surface area contributed by atoms with E-state index < -0.39 is 4.92 Å². The van der Waals surface area contributed by atoms with Gasteiger partial charge < -0.3 is 15.4 Å². The molecule has 0 aliphatic carbocycles. The van der Waals surface area contributed by atoms with Gasteiger partial charge in [-0.3, -0.25) is 10.1 Å². The Bertz CT molecular complexity index is 508. The van der Waals surface area contributed by atoms with Gasteiger partial charge in [0.1, 0.15) is 5.82 Å². The highest BCUT2D eigenvalue weighted by Crippen LogP contribution is 2.37. The Morgan fingerprint density at radius 3 is 2.89 bits per heavy atom. The Kier molecular flexibility index (Phi) is 2.98. The molecule has 7 nitrogen and oxygen atoms in total. The van der Waals surface area contributed by atoms with Crippen molar-refractivity contribution in [3.05, 3.63) is 22.2 Å². The highest BCUT2D eigenvalue weighted by molar-refractivity contribution is 5.60. The zero-order chi connectivity index (χ0) is 13.4. The predicted molar refractivity (Wildman–Crippen MR) is 70.4 cm³/mol. The monoisotopic (exact) mass is 264 g/mol. The lowest BCUT2D eigenvalue weighted by molar-refractivity contribution is -0.384. The molecule has 1 aromatic rings. The molecule has 7 heteroatoms. The van der Waals surface area contributed by atoms with Gasteiger partial charge in [0.05, 0.1) is 23.2 Å². The van der Waals surface area contributed by atoms with Gasteiger partial charge >= 0.3 is 5.69 Å². The van der Waals surface area contributed by atoms with E-state index in [-0.39, 0.29) is 17.8 Å². The molecule has 19 heavy (non-hydrogen) atoms. The Labute approximate surface area is 110 Å². The van der Waals surface area contributed by atoms with Crippen LogP contribution in [0.25, 0.3) is 0 Å². The van der Waals surface area contributed by atoms with Crippen LogP contribution in [0.2, 0.25) is 0 Å². The van der Waals surface area contributed by atoms with E-state index in [9.17, 15) is 10.1 Å². The summed E-state index contributed by atoms with van der Waals surface area (Å²) in [7, 11) is 1.73. The first-order valence-corrected chi connectivity index (χ1v) is 6.42. The van der Waals surface area contributed by atoms with Gasteiger partial charge in [0.25, 0.3) is 0 Å². The Balaban J connectivity index is 1.84. The molecule has 2 saturated heterocycles. The smallest absolute Gasteiger partial charge is 0.311 e. The summed E-state index contributed by atoms with van der Waals surface area (Å²) < 4.78 is 5.74. The van der Waals surface area contributed by atoms with Crippen molar-refractivity contribution < 1.29 is 9.66 Å². The van der Waals surface area contributed by atoms with Crippen LogP contribution in [0.3, 0.4) is 0 Å². The number of nitro groups is 1. The fourth-order valence-electron chi connectivity index (χ4n) is 2.81. The van der Waals surface area contributed by atoms with Crippen molar-refractivity contribution in [1.82, 2.24) is 4.98 Å². The first-order valence-electron chi connectivity index (χ1n) is 6.42. The summed E-state index contributed by atoms with van der Waals surface area (Å²) in [5.74, 6) is 0.926. The number of hydrogen-bond donors (Lipinski definition) is 2. The van der Waals surface area contributed by atoms with Gasteiger partial charge in [-0.15, -0.1) is 0 Å². The molecular weight excluding hydrogens is 248 g/mol. The molecule has 3 heterocycles. The average Bonchev–Trinajstić information content (AvgIpc) is 3.00. The van der Waals surface area contributed by atoms with Crippen LogP contribution < -0.4 is 10.6 Å². The van der Waals surface area contributed by atoms with E-state index in [0.29, 0.717) is 17.7 Å². The first-order chi connectivity index (χ1) is 9.17. The van der Waals surface area contributed by atoms with E-state index in [1.165, 1.54) is 6.07 Å². The third-order valence-corrected chi connectivity index (χ3v) is 3.75. The number of nitrogens with zero attached hydrogens (tertiary/aromatic N) is 2. The zero-order valence-electron chi connectivity index (χ0n) is 10.6. The number of anilines is 2.